The summed E-state index contributed by atoms with van der Waals surface area (Å²) in [6.45, 7) is 9.16. The van der Waals surface area contributed by atoms with Gasteiger partial charge in [-0.25, -0.2) is 4.79 Å². The molecule has 1 aliphatic rings. The van der Waals surface area contributed by atoms with Crippen molar-refractivity contribution >= 4 is 40.0 Å². The molecule has 2 heterocycles. The third-order valence-electron chi connectivity index (χ3n) is 5.94. The zero-order valence-corrected chi connectivity index (χ0v) is 22.1. The van der Waals surface area contributed by atoms with Crippen molar-refractivity contribution in [1.29, 1.82) is 0 Å². The van der Waals surface area contributed by atoms with E-state index in [2.05, 4.69) is 29.4 Å². The Bertz CT molecular complexity index is 1230. The zero-order chi connectivity index (χ0) is 24.9. The van der Waals surface area contributed by atoms with Gasteiger partial charge in [-0.2, -0.15) is 0 Å². The Kier molecular flexibility index (Phi) is 8.12. The number of hydrogen-bond acceptors (Lipinski definition) is 8. The Morgan fingerprint density at radius 2 is 2.00 bits per heavy atom. The maximum atomic E-state index is 12.8. The first kappa shape index (κ1) is 25.2. The van der Waals surface area contributed by atoms with E-state index in [0.29, 0.717) is 41.3 Å². The summed E-state index contributed by atoms with van der Waals surface area (Å²) in [6, 6.07) is 5.98. The van der Waals surface area contributed by atoms with Crippen LogP contribution in [0.3, 0.4) is 0 Å². The molecule has 1 aliphatic carbocycles. The Morgan fingerprint density at radius 1 is 1.17 bits per heavy atom. The van der Waals surface area contributed by atoms with E-state index in [1.54, 1.807) is 6.92 Å². The normalized spacial score (nSPS) is 12.5. The van der Waals surface area contributed by atoms with Crippen LogP contribution in [0.15, 0.2) is 23.4 Å². The quantitative estimate of drug-likeness (QED) is 0.302. The van der Waals surface area contributed by atoms with E-state index in [0.717, 1.165) is 35.5 Å². The molecule has 0 fully saturated rings. The summed E-state index contributed by atoms with van der Waals surface area (Å²) < 4.78 is 13.1. The first-order chi connectivity index (χ1) is 16.9. The third-order valence-corrected chi connectivity index (χ3v) is 8.12. The van der Waals surface area contributed by atoms with Crippen molar-refractivity contribution in [3.8, 4) is 5.75 Å². The molecule has 0 radical (unpaired) electrons. The van der Waals surface area contributed by atoms with E-state index < -0.39 is 0 Å². The maximum absolute atomic E-state index is 12.8. The Morgan fingerprint density at radius 3 is 2.74 bits per heavy atom. The number of anilines is 1. The van der Waals surface area contributed by atoms with E-state index >= 15 is 0 Å². The number of thiophene rings is 1. The predicted octanol–water partition coefficient (Wildman–Crippen LogP) is 4.95. The molecule has 10 heteroatoms. The van der Waals surface area contributed by atoms with E-state index in [1.165, 1.54) is 34.2 Å². The van der Waals surface area contributed by atoms with Crippen LogP contribution in [0, 0.1) is 13.8 Å². The maximum Gasteiger partial charge on any atom is 0.341 e. The highest BCUT2D eigenvalue weighted by molar-refractivity contribution is 7.99. The van der Waals surface area contributed by atoms with E-state index in [1.807, 2.05) is 29.7 Å². The van der Waals surface area contributed by atoms with Crippen molar-refractivity contribution < 1.29 is 19.1 Å². The number of thioether (sulfide) groups is 1. The summed E-state index contributed by atoms with van der Waals surface area (Å²) in [7, 11) is 0. The lowest BCUT2D eigenvalue weighted by Gasteiger charge is -2.10. The molecular weight excluding hydrogens is 484 g/mol. The summed E-state index contributed by atoms with van der Waals surface area (Å²) in [5.41, 5.74) is 3.93. The fourth-order valence-electron chi connectivity index (χ4n) is 4.01. The highest BCUT2D eigenvalue weighted by Gasteiger charge is 2.28. The molecule has 1 amide bonds. The Hall–Kier alpha value is -2.85. The fourth-order valence-corrected chi connectivity index (χ4v) is 6.12. The van der Waals surface area contributed by atoms with Crippen LogP contribution >= 0.6 is 23.1 Å². The summed E-state index contributed by atoms with van der Waals surface area (Å²) in [6.07, 6.45) is 2.81. The molecular formula is C25H30N4O4S2. The molecule has 0 bridgehead atoms. The molecule has 0 saturated heterocycles. The number of amides is 1. The highest BCUT2D eigenvalue weighted by atomic mass is 32.2. The van der Waals surface area contributed by atoms with Crippen LogP contribution in [0.2, 0.25) is 0 Å². The number of rotatable bonds is 10. The van der Waals surface area contributed by atoms with Gasteiger partial charge >= 0.3 is 5.97 Å². The molecule has 0 atom stereocenters. The van der Waals surface area contributed by atoms with Gasteiger partial charge in [-0.3, -0.25) is 4.79 Å². The van der Waals surface area contributed by atoms with Gasteiger partial charge in [0.2, 0.25) is 5.91 Å². The van der Waals surface area contributed by atoms with Gasteiger partial charge in [0.05, 0.1) is 17.9 Å². The van der Waals surface area contributed by atoms with Gasteiger partial charge in [0.1, 0.15) is 17.4 Å². The van der Waals surface area contributed by atoms with E-state index in [-0.39, 0.29) is 17.6 Å². The standard InChI is InChI=1S/C25H30N4O4S2/c1-5-29-20(13-33-17-11-10-15(3)16(4)12-17)27-28-25(29)34-14-21(30)26-23-22(24(31)32-6-2)18-8-7-9-19(18)35-23/h10-12H,5-9,13-14H2,1-4H3,(H,26,30). The Labute approximate surface area is 213 Å². The van der Waals surface area contributed by atoms with E-state index in [4.69, 9.17) is 9.47 Å². The predicted molar refractivity (Wildman–Crippen MR) is 138 cm³/mol. The number of carbonyl (C=O) groups is 2. The van der Waals surface area contributed by atoms with Crippen LogP contribution in [0.5, 0.6) is 5.75 Å². The molecule has 8 nitrogen and oxygen atoms in total. The van der Waals surface area contributed by atoms with Gasteiger partial charge in [-0.1, -0.05) is 17.8 Å². The topological polar surface area (TPSA) is 95.3 Å². The Balaban J connectivity index is 1.38. The van der Waals surface area contributed by atoms with Crippen molar-refractivity contribution in [2.24, 2.45) is 0 Å². The van der Waals surface area contributed by atoms with Gasteiger partial charge < -0.3 is 19.4 Å². The summed E-state index contributed by atoms with van der Waals surface area (Å²) >= 11 is 2.79. The average Bonchev–Trinajstić information content (AvgIpc) is 3.52. The van der Waals surface area contributed by atoms with Gasteiger partial charge in [-0.15, -0.1) is 21.5 Å². The van der Waals surface area contributed by atoms with Crippen molar-refractivity contribution in [3.05, 3.63) is 51.2 Å². The van der Waals surface area contributed by atoms with Crippen LogP contribution < -0.4 is 10.1 Å². The van der Waals surface area contributed by atoms with Gasteiger partial charge in [0.15, 0.2) is 11.0 Å². The smallest absolute Gasteiger partial charge is 0.341 e. The van der Waals surface area contributed by atoms with Crippen LogP contribution in [0.4, 0.5) is 5.00 Å². The fraction of sp³-hybridized carbons (Fsp3) is 0.440. The van der Waals surface area contributed by atoms with Crippen molar-refractivity contribution in [1.82, 2.24) is 14.8 Å². The first-order valence-electron chi connectivity index (χ1n) is 11.8. The molecule has 1 N–H and O–H groups in total. The van der Waals surface area contributed by atoms with Crippen molar-refractivity contribution in [2.75, 3.05) is 17.7 Å². The number of aromatic nitrogens is 3. The lowest BCUT2D eigenvalue weighted by atomic mass is 10.1. The number of fused-ring (bicyclic) bond motifs is 1. The summed E-state index contributed by atoms with van der Waals surface area (Å²) in [5, 5.41) is 12.7. The zero-order valence-electron chi connectivity index (χ0n) is 20.5. The highest BCUT2D eigenvalue weighted by Crippen LogP contribution is 2.39. The van der Waals surface area contributed by atoms with Gasteiger partial charge in [0, 0.05) is 11.4 Å². The van der Waals surface area contributed by atoms with Crippen LogP contribution in [0.1, 0.15) is 58.0 Å². The number of aryl methyl sites for hydroxylation is 3. The number of benzene rings is 1. The van der Waals surface area contributed by atoms with Crippen molar-refractivity contribution in [3.63, 3.8) is 0 Å². The molecule has 3 aromatic rings. The summed E-state index contributed by atoms with van der Waals surface area (Å²) in [5.74, 6) is 1.08. The minimum Gasteiger partial charge on any atom is -0.486 e. The molecule has 4 rings (SSSR count). The van der Waals surface area contributed by atoms with Crippen LogP contribution in [-0.2, 0) is 35.5 Å². The number of nitrogens with one attached hydrogen (secondary N) is 1. The van der Waals surface area contributed by atoms with Crippen LogP contribution in [-0.4, -0.2) is 39.0 Å². The van der Waals surface area contributed by atoms with Gasteiger partial charge in [-0.05, 0) is 75.8 Å². The summed E-state index contributed by atoms with van der Waals surface area (Å²) in [4.78, 5) is 26.5. The average molecular weight is 515 g/mol. The SMILES string of the molecule is CCOC(=O)c1c(NC(=O)CSc2nnc(COc3ccc(C)c(C)c3)n2CC)sc2c1CCC2. The minimum absolute atomic E-state index is 0.154. The number of hydrogen-bond donors (Lipinski definition) is 1. The molecule has 2 aromatic heterocycles. The first-order valence-corrected chi connectivity index (χ1v) is 13.6. The van der Waals surface area contributed by atoms with E-state index in [9.17, 15) is 9.59 Å². The minimum atomic E-state index is -0.367. The molecule has 186 valence electrons. The van der Waals surface area contributed by atoms with Crippen molar-refractivity contribution in [2.45, 2.75) is 65.3 Å². The number of ether oxygens (including phenoxy) is 2. The molecule has 0 aliphatic heterocycles. The third kappa shape index (κ3) is 5.70. The second kappa shape index (κ2) is 11.3. The molecule has 0 spiro atoms. The lowest BCUT2D eigenvalue weighted by molar-refractivity contribution is -0.113. The van der Waals surface area contributed by atoms with Gasteiger partial charge in [0.25, 0.3) is 0 Å². The second-order valence-corrected chi connectivity index (χ2v) is 10.3. The molecule has 0 unspecified atom stereocenters. The number of carbonyl (C=O) groups excluding carboxylic acids is 2. The number of esters is 1. The largest absolute Gasteiger partial charge is 0.486 e. The van der Waals surface area contributed by atoms with Crippen LogP contribution in [0.25, 0.3) is 0 Å². The molecule has 0 saturated carbocycles. The lowest BCUT2D eigenvalue weighted by Crippen LogP contribution is -2.17. The monoisotopic (exact) mass is 514 g/mol. The second-order valence-electron chi connectivity index (χ2n) is 8.30. The molecule has 35 heavy (non-hydrogen) atoms. The molecule has 1 aromatic carbocycles. The number of nitrogens with zero attached hydrogens (tertiary/aromatic N) is 3.